The molecule has 0 unspecified atom stereocenters. The lowest BCUT2D eigenvalue weighted by Gasteiger charge is -2.14. The molecular formula is C16H20N2O2. The van der Waals surface area contributed by atoms with Crippen molar-refractivity contribution in [3.8, 4) is 11.5 Å². The monoisotopic (exact) mass is 272 g/mol. The van der Waals surface area contributed by atoms with Gasteiger partial charge in [-0.25, -0.2) is 0 Å². The van der Waals surface area contributed by atoms with Gasteiger partial charge in [0.15, 0.2) is 11.5 Å². The summed E-state index contributed by atoms with van der Waals surface area (Å²) in [5, 5.41) is 3.34. The molecule has 0 atom stereocenters. The second-order valence-electron chi connectivity index (χ2n) is 4.57. The fraction of sp³-hybridized carbons (Fsp3) is 0.250. The highest BCUT2D eigenvalue weighted by Crippen LogP contribution is 2.35. The van der Waals surface area contributed by atoms with Crippen molar-refractivity contribution in [3.63, 3.8) is 0 Å². The molecule has 0 radical (unpaired) electrons. The maximum atomic E-state index is 6.02. The van der Waals surface area contributed by atoms with Crippen molar-refractivity contribution in [2.45, 2.75) is 13.5 Å². The second kappa shape index (κ2) is 6.19. The molecular weight excluding hydrogens is 252 g/mol. The molecule has 20 heavy (non-hydrogen) atoms. The van der Waals surface area contributed by atoms with Gasteiger partial charge in [0.1, 0.15) is 0 Å². The highest BCUT2D eigenvalue weighted by molar-refractivity contribution is 5.72. The number of aryl methyl sites for hydroxylation is 1. The lowest BCUT2D eigenvalue weighted by Crippen LogP contribution is -2.04. The number of nitrogen functional groups attached to an aromatic ring is 1. The van der Waals surface area contributed by atoms with E-state index in [2.05, 4.69) is 24.4 Å². The summed E-state index contributed by atoms with van der Waals surface area (Å²) in [6.45, 7) is 2.81. The van der Waals surface area contributed by atoms with E-state index in [-0.39, 0.29) is 0 Å². The van der Waals surface area contributed by atoms with Crippen LogP contribution in [0.1, 0.15) is 11.1 Å². The molecule has 3 N–H and O–H groups in total. The van der Waals surface area contributed by atoms with Crippen molar-refractivity contribution in [2.24, 2.45) is 0 Å². The number of rotatable bonds is 5. The van der Waals surface area contributed by atoms with Crippen molar-refractivity contribution in [2.75, 3.05) is 25.3 Å². The average molecular weight is 272 g/mol. The molecule has 2 aromatic carbocycles. The van der Waals surface area contributed by atoms with E-state index in [1.807, 2.05) is 18.2 Å². The van der Waals surface area contributed by atoms with Gasteiger partial charge >= 0.3 is 0 Å². The molecule has 0 aliphatic rings. The van der Waals surface area contributed by atoms with Gasteiger partial charge in [-0.1, -0.05) is 24.3 Å². The van der Waals surface area contributed by atoms with Crippen molar-refractivity contribution in [1.82, 2.24) is 0 Å². The molecule has 0 saturated heterocycles. The summed E-state index contributed by atoms with van der Waals surface area (Å²) in [7, 11) is 3.21. The zero-order valence-corrected chi connectivity index (χ0v) is 12.1. The SMILES string of the molecule is COc1cc(N)c(NCc2ccccc2C)cc1OC. The van der Waals surface area contributed by atoms with Crippen LogP contribution in [0, 0.1) is 6.92 Å². The van der Waals surface area contributed by atoms with Crippen LogP contribution in [0.15, 0.2) is 36.4 Å². The van der Waals surface area contributed by atoms with Crippen LogP contribution in [-0.2, 0) is 6.54 Å². The van der Waals surface area contributed by atoms with E-state index < -0.39 is 0 Å². The quantitative estimate of drug-likeness (QED) is 0.821. The van der Waals surface area contributed by atoms with E-state index in [0.29, 0.717) is 23.7 Å². The molecule has 0 amide bonds. The van der Waals surface area contributed by atoms with Crippen molar-refractivity contribution < 1.29 is 9.47 Å². The van der Waals surface area contributed by atoms with Crippen molar-refractivity contribution in [1.29, 1.82) is 0 Å². The molecule has 4 heteroatoms. The number of nitrogens with two attached hydrogens (primary N) is 1. The molecule has 0 saturated carbocycles. The maximum absolute atomic E-state index is 6.02. The lowest BCUT2D eigenvalue weighted by atomic mass is 10.1. The molecule has 4 nitrogen and oxygen atoms in total. The molecule has 0 aliphatic carbocycles. The predicted molar refractivity (Wildman–Crippen MR) is 82.5 cm³/mol. The summed E-state index contributed by atoms with van der Waals surface area (Å²) >= 11 is 0. The first-order chi connectivity index (χ1) is 9.65. The summed E-state index contributed by atoms with van der Waals surface area (Å²) in [6.07, 6.45) is 0. The van der Waals surface area contributed by atoms with Crippen LogP contribution in [-0.4, -0.2) is 14.2 Å². The van der Waals surface area contributed by atoms with E-state index in [0.717, 1.165) is 5.69 Å². The summed E-state index contributed by atoms with van der Waals surface area (Å²) in [4.78, 5) is 0. The zero-order chi connectivity index (χ0) is 14.5. The number of benzene rings is 2. The van der Waals surface area contributed by atoms with E-state index in [9.17, 15) is 0 Å². The Balaban J connectivity index is 2.19. The fourth-order valence-corrected chi connectivity index (χ4v) is 2.05. The van der Waals surface area contributed by atoms with Crippen LogP contribution in [0.25, 0.3) is 0 Å². The van der Waals surface area contributed by atoms with Gasteiger partial charge in [-0.15, -0.1) is 0 Å². The number of hydrogen-bond donors (Lipinski definition) is 2. The third-order valence-electron chi connectivity index (χ3n) is 3.29. The lowest BCUT2D eigenvalue weighted by molar-refractivity contribution is 0.355. The Morgan fingerprint density at radius 3 is 2.35 bits per heavy atom. The van der Waals surface area contributed by atoms with Gasteiger partial charge < -0.3 is 20.5 Å². The number of anilines is 2. The van der Waals surface area contributed by atoms with Crippen molar-refractivity contribution >= 4 is 11.4 Å². The third-order valence-corrected chi connectivity index (χ3v) is 3.29. The van der Waals surface area contributed by atoms with E-state index in [1.54, 1.807) is 20.3 Å². The topological polar surface area (TPSA) is 56.5 Å². The van der Waals surface area contributed by atoms with Crippen molar-refractivity contribution in [3.05, 3.63) is 47.5 Å². The van der Waals surface area contributed by atoms with Gasteiger partial charge in [-0.05, 0) is 18.1 Å². The minimum Gasteiger partial charge on any atom is -0.493 e. The predicted octanol–water partition coefficient (Wildman–Crippen LogP) is 3.21. The van der Waals surface area contributed by atoms with Gasteiger partial charge in [0.25, 0.3) is 0 Å². The van der Waals surface area contributed by atoms with Gasteiger partial charge in [0.05, 0.1) is 25.6 Å². The number of ether oxygens (including phenoxy) is 2. The number of nitrogens with one attached hydrogen (secondary N) is 1. The normalized spacial score (nSPS) is 10.2. The Morgan fingerprint density at radius 2 is 1.70 bits per heavy atom. The molecule has 2 aromatic rings. The number of hydrogen-bond acceptors (Lipinski definition) is 4. The fourth-order valence-electron chi connectivity index (χ4n) is 2.05. The Bertz CT molecular complexity index is 597. The van der Waals surface area contributed by atoms with Crippen LogP contribution in [0.4, 0.5) is 11.4 Å². The van der Waals surface area contributed by atoms with Crippen LogP contribution in [0.3, 0.4) is 0 Å². The highest BCUT2D eigenvalue weighted by atomic mass is 16.5. The van der Waals surface area contributed by atoms with Crippen LogP contribution >= 0.6 is 0 Å². The summed E-state index contributed by atoms with van der Waals surface area (Å²) in [5.74, 6) is 1.29. The summed E-state index contributed by atoms with van der Waals surface area (Å²) in [5.41, 5.74) is 9.99. The van der Waals surface area contributed by atoms with Gasteiger partial charge in [0.2, 0.25) is 0 Å². The van der Waals surface area contributed by atoms with Crippen LogP contribution in [0.5, 0.6) is 11.5 Å². The van der Waals surface area contributed by atoms with E-state index in [1.165, 1.54) is 11.1 Å². The summed E-state index contributed by atoms with van der Waals surface area (Å²) in [6, 6.07) is 11.9. The summed E-state index contributed by atoms with van der Waals surface area (Å²) < 4.78 is 10.5. The zero-order valence-electron chi connectivity index (χ0n) is 12.1. The second-order valence-corrected chi connectivity index (χ2v) is 4.57. The first-order valence-electron chi connectivity index (χ1n) is 6.45. The Labute approximate surface area is 119 Å². The van der Waals surface area contributed by atoms with Gasteiger partial charge in [-0.2, -0.15) is 0 Å². The minimum absolute atomic E-state index is 0.631. The van der Waals surface area contributed by atoms with Crippen LogP contribution in [0.2, 0.25) is 0 Å². The first-order valence-corrected chi connectivity index (χ1v) is 6.45. The Kier molecular flexibility index (Phi) is 4.35. The van der Waals surface area contributed by atoms with E-state index in [4.69, 9.17) is 15.2 Å². The molecule has 0 spiro atoms. The smallest absolute Gasteiger partial charge is 0.162 e. The largest absolute Gasteiger partial charge is 0.493 e. The standard InChI is InChI=1S/C16H20N2O2/c1-11-6-4-5-7-12(11)10-18-14-9-16(20-3)15(19-2)8-13(14)17/h4-9,18H,10,17H2,1-3H3. The van der Waals surface area contributed by atoms with Crippen LogP contribution < -0.4 is 20.5 Å². The molecule has 0 aliphatic heterocycles. The number of methoxy groups -OCH3 is 2. The van der Waals surface area contributed by atoms with Gasteiger partial charge in [0, 0.05) is 18.7 Å². The Hall–Kier alpha value is -2.36. The minimum atomic E-state index is 0.631. The third kappa shape index (κ3) is 2.96. The molecule has 106 valence electrons. The molecule has 0 fully saturated rings. The van der Waals surface area contributed by atoms with Gasteiger partial charge in [-0.3, -0.25) is 0 Å². The first kappa shape index (κ1) is 14.1. The Morgan fingerprint density at radius 1 is 1.05 bits per heavy atom. The molecule has 0 aromatic heterocycles. The molecule has 0 bridgehead atoms. The maximum Gasteiger partial charge on any atom is 0.162 e. The molecule has 2 rings (SSSR count). The average Bonchev–Trinajstić information content (AvgIpc) is 2.47. The van der Waals surface area contributed by atoms with E-state index >= 15 is 0 Å². The molecule has 0 heterocycles. The highest BCUT2D eigenvalue weighted by Gasteiger charge is 2.09.